The first-order valence-corrected chi connectivity index (χ1v) is 10.1. The first kappa shape index (κ1) is 18.4. The minimum absolute atomic E-state index is 0.0107. The van der Waals surface area contributed by atoms with E-state index in [0.29, 0.717) is 43.3 Å². The van der Waals surface area contributed by atoms with Crippen LogP contribution in [0.25, 0.3) is 0 Å². The maximum atomic E-state index is 12.6. The van der Waals surface area contributed by atoms with E-state index in [1.807, 2.05) is 13.0 Å². The number of rotatable bonds is 7. The van der Waals surface area contributed by atoms with Crippen LogP contribution in [0, 0.1) is 5.92 Å². The van der Waals surface area contributed by atoms with Gasteiger partial charge in [-0.05, 0) is 31.4 Å². The second-order valence-electron chi connectivity index (χ2n) is 5.54. The summed E-state index contributed by atoms with van der Waals surface area (Å²) in [6.07, 6.45) is 1.96. The van der Waals surface area contributed by atoms with Gasteiger partial charge in [0.05, 0.1) is 6.61 Å². The molecule has 0 bridgehead atoms. The van der Waals surface area contributed by atoms with E-state index in [9.17, 15) is 13.2 Å². The Morgan fingerprint density at radius 3 is 2.65 bits per heavy atom. The average Bonchev–Trinajstić information content (AvgIpc) is 3.05. The second-order valence-corrected chi connectivity index (χ2v) is 8.87. The predicted molar refractivity (Wildman–Crippen MR) is 90.1 cm³/mol. The quantitative estimate of drug-likeness (QED) is 0.747. The van der Waals surface area contributed by atoms with Crippen LogP contribution in [0.4, 0.5) is 0 Å². The van der Waals surface area contributed by atoms with Gasteiger partial charge in [0.2, 0.25) is 5.91 Å². The van der Waals surface area contributed by atoms with Crippen LogP contribution in [0.2, 0.25) is 0 Å². The number of carbonyl (C=O) groups is 1. The molecule has 1 aromatic heterocycles. The molecule has 23 heavy (non-hydrogen) atoms. The van der Waals surface area contributed by atoms with Crippen molar-refractivity contribution in [2.24, 2.45) is 5.92 Å². The normalized spacial score (nSPS) is 17.3. The first-order valence-electron chi connectivity index (χ1n) is 7.84. The summed E-state index contributed by atoms with van der Waals surface area (Å²) >= 11 is 1.33. The van der Waals surface area contributed by atoms with Gasteiger partial charge >= 0.3 is 0 Å². The lowest BCUT2D eigenvalue weighted by molar-refractivity contribution is -0.126. The summed E-state index contributed by atoms with van der Waals surface area (Å²) in [5.41, 5.74) is 0. The number of hydrogen-bond acceptors (Lipinski definition) is 5. The van der Waals surface area contributed by atoms with Crippen molar-refractivity contribution in [2.45, 2.75) is 30.4 Å². The number of aryl methyl sites for hydroxylation is 1. The molecule has 6 nitrogen and oxygen atoms in total. The number of ether oxygens (including phenoxy) is 1. The monoisotopic (exact) mass is 360 g/mol. The molecule has 1 saturated heterocycles. The summed E-state index contributed by atoms with van der Waals surface area (Å²) in [4.78, 5) is 13.1. The predicted octanol–water partition coefficient (Wildman–Crippen LogP) is 1.47. The van der Waals surface area contributed by atoms with Crippen molar-refractivity contribution in [1.29, 1.82) is 0 Å². The van der Waals surface area contributed by atoms with Crippen LogP contribution in [0.5, 0.6) is 0 Å². The van der Waals surface area contributed by atoms with Crippen LogP contribution in [0.15, 0.2) is 16.3 Å². The van der Waals surface area contributed by atoms with Crippen LogP contribution in [0.1, 0.15) is 24.6 Å². The molecule has 1 fully saturated rings. The number of carbonyl (C=O) groups excluding carboxylic acids is 1. The zero-order valence-corrected chi connectivity index (χ0v) is 15.2. The highest BCUT2D eigenvalue weighted by atomic mass is 32.2. The summed E-state index contributed by atoms with van der Waals surface area (Å²) in [5.74, 6) is -0.128. The third kappa shape index (κ3) is 4.53. The first-order chi connectivity index (χ1) is 11.0. The Bertz CT molecular complexity index is 619. The molecule has 8 heteroatoms. The molecule has 0 aliphatic carbocycles. The number of methoxy groups -OCH3 is 1. The van der Waals surface area contributed by atoms with Gasteiger partial charge in [0.1, 0.15) is 4.21 Å². The van der Waals surface area contributed by atoms with Crippen LogP contribution in [-0.2, 0) is 26.0 Å². The van der Waals surface area contributed by atoms with Crippen LogP contribution < -0.4 is 5.32 Å². The van der Waals surface area contributed by atoms with E-state index >= 15 is 0 Å². The zero-order valence-electron chi connectivity index (χ0n) is 13.6. The summed E-state index contributed by atoms with van der Waals surface area (Å²) in [5, 5.41) is 2.82. The number of nitrogens with one attached hydrogen (secondary N) is 1. The Balaban J connectivity index is 1.91. The number of piperidine rings is 1. The third-order valence-electron chi connectivity index (χ3n) is 4.01. The van der Waals surface area contributed by atoms with E-state index in [2.05, 4.69) is 5.32 Å². The highest BCUT2D eigenvalue weighted by Crippen LogP contribution is 2.28. The molecule has 1 N–H and O–H groups in total. The zero-order chi connectivity index (χ0) is 16.9. The highest BCUT2D eigenvalue weighted by molar-refractivity contribution is 7.91. The molecule has 1 aliphatic rings. The van der Waals surface area contributed by atoms with Gasteiger partial charge in [-0.1, -0.05) is 6.92 Å². The van der Waals surface area contributed by atoms with Crippen LogP contribution in [-0.4, -0.2) is 52.0 Å². The molecular formula is C15H24N2O4S2. The maximum Gasteiger partial charge on any atom is 0.252 e. The van der Waals surface area contributed by atoms with Crippen molar-refractivity contribution in [3.05, 3.63) is 17.0 Å². The molecule has 1 amide bonds. The molecule has 0 saturated carbocycles. The third-order valence-corrected chi connectivity index (χ3v) is 7.61. The molecule has 0 spiro atoms. The summed E-state index contributed by atoms with van der Waals surface area (Å²) < 4.78 is 32.0. The largest absolute Gasteiger partial charge is 0.383 e. The lowest BCUT2D eigenvalue weighted by Gasteiger charge is -2.30. The summed E-state index contributed by atoms with van der Waals surface area (Å²) in [6.45, 7) is 3.77. The van der Waals surface area contributed by atoms with Gasteiger partial charge in [-0.25, -0.2) is 8.42 Å². The summed E-state index contributed by atoms with van der Waals surface area (Å²) in [7, 11) is -1.83. The Morgan fingerprint density at radius 2 is 2.09 bits per heavy atom. The van der Waals surface area contributed by atoms with Crippen molar-refractivity contribution < 1.29 is 17.9 Å². The molecule has 0 unspecified atom stereocenters. The van der Waals surface area contributed by atoms with Crippen molar-refractivity contribution >= 4 is 27.3 Å². The van der Waals surface area contributed by atoms with Gasteiger partial charge in [0.15, 0.2) is 0 Å². The van der Waals surface area contributed by atoms with E-state index in [1.165, 1.54) is 15.6 Å². The fraction of sp³-hybridized carbons (Fsp3) is 0.667. The van der Waals surface area contributed by atoms with E-state index in [-0.39, 0.29) is 11.8 Å². The Hall–Kier alpha value is -0.960. The van der Waals surface area contributed by atoms with E-state index in [1.54, 1.807) is 13.2 Å². The molecular weight excluding hydrogens is 336 g/mol. The van der Waals surface area contributed by atoms with Crippen molar-refractivity contribution in [3.8, 4) is 0 Å². The van der Waals surface area contributed by atoms with Gasteiger partial charge in [0.25, 0.3) is 10.0 Å². The van der Waals surface area contributed by atoms with Crippen LogP contribution >= 0.6 is 11.3 Å². The lowest BCUT2D eigenvalue weighted by Crippen LogP contribution is -2.43. The van der Waals surface area contributed by atoms with Crippen molar-refractivity contribution in [1.82, 2.24) is 9.62 Å². The average molecular weight is 361 g/mol. The molecule has 1 aliphatic heterocycles. The van der Waals surface area contributed by atoms with Crippen molar-refractivity contribution in [3.63, 3.8) is 0 Å². The van der Waals surface area contributed by atoms with Gasteiger partial charge in [-0.15, -0.1) is 11.3 Å². The molecule has 2 rings (SSSR count). The number of sulfonamides is 1. The van der Waals surface area contributed by atoms with Gasteiger partial charge in [-0.2, -0.15) is 4.31 Å². The molecule has 2 heterocycles. The minimum Gasteiger partial charge on any atom is -0.383 e. The number of hydrogen-bond donors (Lipinski definition) is 1. The molecule has 1 aromatic rings. The highest BCUT2D eigenvalue weighted by Gasteiger charge is 2.32. The minimum atomic E-state index is -3.42. The molecule has 0 radical (unpaired) electrons. The van der Waals surface area contributed by atoms with Gasteiger partial charge < -0.3 is 10.1 Å². The fourth-order valence-electron chi connectivity index (χ4n) is 2.59. The van der Waals surface area contributed by atoms with Crippen molar-refractivity contribution in [2.75, 3.05) is 33.4 Å². The molecule has 0 aromatic carbocycles. The number of nitrogens with zero attached hydrogens (tertiary/aromatic N) is 1. The summed E-state index contributed by atoms with van der Waals surface area (Å²) in [6, 6.07) is 3.55. The maximum absolute atomic E-state index is 12.6. The second kappa shape index (κ2) is 8.23. The topological polar surface area (TPSA) is 75.7 Å². The van der Waals surface area contributed by atoms with E-state index in [0.717, 1.165) is 11.3 Å². The van der Waals surface area contributed by atoms with Crippen LogP contribution in [0.3, 0.4) is 0 Å². The Labute approximate surface area is 141 Å². The molecule has 0 atom stereocenters. The lowest BCUT2D eigenvalue weighted by atomic mass is 9.97. The smallest absolute Gasteiger partial charge is 0.252 e. The fourth-order valence-corrected chi connectivity index (χ4v) is 5.51. The van der Waals surface area contributed by atoms with E-state index < -0.39 is 10.0 Å². The van der Waals surface area contributed by atoms with Gasteiger partial charge in [-0.3, -0.25) is 4.79 Å². The number of thiophene rings is 1. The van der Waals surface area contributed by atoms with Gasteiger partial charge in [0, 0.05) is 37.5 Å². The Morgan fingerprint density at radius 1 is 1.39 bits per heavy atom. The Kier molecular flexibility index (Phi) is 6.58. The van der Waals surface area contributed by atoms with E-state index in [4.69, 9.17) is 4.74 Å². The molecule has 130 valence electrons. The number of amides is 1. The standard InChI is InChI=1S/C15H24N2O4S2/c1-3-13-4-5-14(22-13)23(19,20)17-9-6-12(7-10-17)15(18)16-8-11-21-2/h4-5,12H,3,6-11H2,1-2H3,(H,16,18). The SMILES string of the molecule is CCc1ccc(S(=O)(=O)N2CCC(C(=O)NCCOC)CC2)s1.